The van der Waals surface area contributed by atoms with E-state index < -0.39 is 27.8 Å². The second-order valence-corrected chi connectivity index (χ2v) is 9.13. The minimum Gasteiger partial charge on any atom is -0.346 e. The topological polar surface area (TPSA) is 66.5 Å². The van der Waals surface area contributed by atoms with Crippen LogP contribution in [0, 0.1) is 0 Å². The van der Waals surface area contributed by atoms with Gasteiger partial charge < -0.3 is 5.32 Å². The molecule has 5 nitrogen and oxygen atoms in total. The summed E-state index contributed by atoms with van der Waals surface area (Å²) in [6.07, 6.45) is -2.77. The average molecular weight is 426 g/mol. The van der Waals surface area contributed by atoms with Gasteiger partial charge in [-0.15, -0.1) is 0 Å². The number of alkyl halides is 3. The Balaban J connectivity index is 1.76. The lowest BCUT2D eigenvalue weighted by atomic mass is 10.0. The van der Waals surface area contributed by atoms with Crippen molar-refractivity contribution in [1.82, 2.24) is 5.32 Å². The Morgan fingerprint density at radius 3 is 2.34 bits per heavy atom. The number of nitrogens with zero attached hydrogens (tertiary/aromatic N) is 1. The maximum Gasteiger partial charge on any atom is 0.416 e. The Hall–Kier alpha value is -2.55. The number of nitrogens with one attached hydrogen (secondary N) is 1. The van der Waals surface area contributed by atoms with E-state index in [4.69, 9.17) is 0 Å². The van der Waals surface area contributed by atoms with E-state index in [-0.39, 0.29) is 11.9 Å². The molecule has 2 atom stereocenters. The van der Waals surface area contributed by atoms with Crippen LogP contribution in [-0.2, 0) is 22.6 Å². The summed E-state index contributed by atoms with van der Waals surface area (Å²) >= 11 is 0. The standard InChI is InChI=1S/C20H21F3N2O3S/c1-12-10-16-11-15(6-9-18(16)25(12)29(3,27)28)19(26)24-13(2)14-4-7-17(8-5-14)20(21,22)23/h4-9,11-13H,10H2,1-3H3,(H,24,26). The maximum absolute atomic E-state index is 12.7. The van der Waals surface area contributed by atoms with Gasteiger partial charge in [-0.2, -0.15) is 13.2 Å². The van der Waals surface area contributed by atoms with Gasteiger partial charge >= 0.3 is 6.18 Å². The van der Waals surface area contributed by atoms with Crippen LogP contribution in [0.1, 0.15) is 46.9 Å². The number of hydrogen-bond acceptors (Lipinski definition) is 3. The summed E-state index contributed by atoms with van der Waals surface area (Å²) in [7, 11) is -3.41. The van der Waals surface area contributed by atoms with Gasteiger partial charge in [-0.05, 0) is 61.7 Å². The second-order valence-electron chi connectivity index (χ2n) is 7.27. The van der Waals surface area contributed by atoms with Crippen LogP contribution in [0.4, 0.5) is 18.9 Å². The molecule has 1 heterocycles. The fraction of sp³-hybridized carbons (Fsp3) is 0.350. The van der Waals surface area contributed by atoms with Crippen molar-refractivity contribution in [3.63, 3.8) is 0 Å². The van der Waals surface area contributed by atoms with E-state index in [1.807, 2.05) is 0 Å². The van der Waals surface area contributed by atoms with E-state index >= 15 is 0 Å². The molecular weight excluding hydrogens is 405 g/mol. The molecule has 0 aromatic heterocycles. The average Bonchev–Trinajstić information content (AvgIpc) is 2.95. The zero-order valence-corrected chi connectivity index (χ0v) is 16.9. The fourth-order valence-electron chi connectivity index (χ4n) is 3.57. The number of rotatable bonds is 4. The summed E-state index contributed by atoms with van der Waals surface area (Å²) in [4.78, 5) is 12.6. The number of halogens is 3. The van der Waals surface area contributed by atoms with Crippen molar-refractivity contribution in [1.29, 1.82) is 0 Å². The predicted molar refractivity (Wildman–Crippen MR) is 104 cm³/mol. The third-order valence-electron chi connectivity index (χ3n) is 4.94. The Kier molecular flexibility index (Phi) is 5.38. The second kappa shape index (κ2) is 7.37. The van der Waals surface area contributed by atoms with Crippen LogP contribution in [0.2, 0.25) is 0 Å². The van der Waals surface area contributed by atoms with Gasteiger partial charge in [0.2, 0.25) is 10.0 Å². The Morgan fingerprint density at radius 2 is 1.79 bits per heavy atom. The first-order valence-electron chi connectivity index (χ1n) is 8.98. The van der Waals surface area contributed by atoms with E-state index in [0.29, 0.717) is 23.2 Å². The van der Waals surface area contributed by atoms with Gasteiger partial charge in [-0.3, -0.25) is 9.10 Å². The number of amides is 1. The highest BCUT2D eigenvalue weighted by molar-refractivity contribution is 7.92. The van der Waals surface area contributed by atoms with Crippen LogP contribution in [0.3, 0.4) is 0 Å². The summed E-state index contributed by atoms with van der Waals surface area (Å²) in [6, 6.07) is 8.72. The number of benzene rings is 2. The Labute approximate surface area is 167 Å². The number of sulfonamides is 1. The lowest BCUT2D eigenvalue weighted by Gasteiger charge is -2.22. The SMILES string of the molecule is CC(NC(=O)c1ccc2c(c1)CC(C)N2S(C)(=O)=O)c1ccc(C(F)(F)F)cc1. The highest BCUT2D eigenvalue weighted by Crippen LogP contribution is 2.35. The molecule has 0 aliphatic carbocycles. The summed E-state index contributed by atoms with van der Waals surface area (Å²) in [5, 5.41) is 2.76. The van der Waals surface area contributed by atoms with Crippen molar-refractivity contribution < 1.29 is 26.4 Å². The van der Waals surface area contributed by atoms with E-state index in [2.05, 4.69) is 5.32 Å². The van der Waals surface area contributed by atoms with Crippen LogP contribution in [0.15, 0.2) is 42.5 Å². The Bertz CT molecular complexity index is 1030. The van der Waals surface area contributed by atoms with Gasteiger partial charge in [0.15, 0.2) is 0 Å². The molecule has 0 fully saturated rings. The zero-order valence-electron chi connectivity index (χ0n) is 16.1. The summed E-state index contributed by atoms with van der Waals surface area (Å²) < 4.78 is 63.4. The number of carbonyl (C=O) groups is 1. The Morgan fingerprint density at radius 1 is 1.17 bits per heavy atom. The van der Waals surface area contributed by atoms with Gasteiger partial charge in [0.05, 0.1) is 23.5 Å². The van der Waals surface area contributed by atoms with Gasteiger partial charge in [0.25, 0.3) is 5.91 Å². The zero-order chi connectivity index (χ0) is 21.6. The van der Waals surface area contributed by atoms with Gasteiger partial charge in [-0.25, -0.2) is 8.42 Å². The van der Waals surface area contributed by atoms with Crippen molar-refractivity contribution in [2.45, 2.75) is 38.5 Å². The van der Waals surface area contributed by atoms with E-state index in [1.54, 1.807) is 32.0 Å². The number of fused-ring (bicyclic) bond motifs is 1. The molecule has 2 aromatic rings. The summed E-state index contributed by atoms with van der Waals surface area (Å²) in [5.41, 5.74) is 1.49. The van der Waals surface area contributed by atoms with Crippen molar-refractivity contribution in [2.75, 3.05) is 10.6 Å². The molecular formula is C20H21F3N2O3S. The molecule has 29 heavy (non-hydrogen) atoms. The van der Waals surface area contributed by atoms with E-state index in [9.17, 15) is 26.4 Å². The first-order chi connectivity index (χ1) is 13.4. The minimum absolute atomic E-state index is 0.232. The highest BCUT2D eigenvalue weighted by Gasteiger charge is 2.33. The molecule has 0 radical (unpaired) electrons. The van der Waals surface area contributed by atoms with Crippen LogP contribution in [0.5, 0.6) is 0 Å². The third kappa shape index (κ3) is 4.39. The molecule has 0 saturated heterocycles. The lowest BCUT2D eigenvalue weighted by Crippen LogP contribution is -2.34. The van der Waals surface area contributed by atoms with Crippen molar-refractivity contribution in [3.05, 3.63) is 64.7 Å². The lowest BCUT2D eigenvalue weighted by molar-refractivity contribution is -0.137. The molecule has 2 unspecified atom stereocenters. The van der Waals surface area contributed by atoms with Gasteiger partial charge in [0, 0.05) is 11.6 Å². The maximum atomic E-state index is 12.7. The van der Waals surface area contributed by atoms with Crippen LogP contribution >= 0.6 is 0 Å². The molecule has 0 bridgehead atoms. The highest BCUT2D eigenvalue weighted by atomic mass is 32.2. The first-order valence-corrected chi connectivity index (χ1v) is 10.8. The van der Waals surface area contributed by atoms with Gasteiger partial charge in [-0.1, -0.05) is 12.1 Å². The summed E-state index contributed by atoms with van der Waals surface area (Å²) in [5.74, 6) is -0.384. The monoisotopic (exact) mass is 426 g/mol. The molecule has 1 aliphatic heterocycles. The van der Waals surface area contributed by atoms with Crippen molar-refractivity contribution in [3.8, 4) is 0 Å². The van der Waals surface area contributed by atoms with E-state index in [0.717, 1.165) is 24.0 Å². The third-order valence-corrected chi connectivity index (χ3v) is 6.21. The van der Waals surface area contributed by atoms with E-state index in [1.165, 1.54) is 16.4 Å². The summed E-state index contributed by atoms with van der Waals surface area (Å²) in [6.45, 7) is 3.48. The normalized spacial score (nSPS) is 17.7. The number of hydrogen-bond donors (Lipinski definition) is 1. The molecule has 3 rings (SSSR count). The van der Waals surface area contributed by atoms with Crippen molar-refractivity contribution in [2.24, 2.45) is 0 Å². The van der Waals surface area contributed by atoms with Crippen LogP contribution < -0.4 is 9.62 Å². The molecule has 0 spiro atoms. The number of anilines is 1. The molecule has 1 N–H and O–H groups in total. The largest absolute Gasteiger partial charge is 0.416 e. The fourth-order valence-corrected chi connectivity index (χ4v) is 4.84. The predicted octanol–water partition coefficient (Wildman–Crippen LogP) is 3.91. The van der Waals surface area contributed by atoms with Gasteiger partial charge in [0.1, 0.15) is 0 Å². The quantitative estimate of drug-likeness (QED) is 0.806. The molecule has 1 amide bonds. The molecule has 156 valence electrons. The first kappa shape index (κ1) is 21.2. The minimum atomic E-state index is -4.41. The van der Waals surface area contributed by atoms with Crippen LogP contribution in [-0.4, -0.2) is 26.6 Å². The molecule has 2 aromatic carbocycles. The van der Waals surface area contributed by atoms with Crippen molar-refractivity contribution >= 4 is 21.6 Å². The van der Waals surface area contributed by atoms with Crippen LogP contribution in [0.25, 0.3) is 0 Å². The molecule has 0 saturated carbocycles. The number of carbonyl (C=O) groups excluding carboxylic acids is 1. The molecule has 9 heteroatoms. The smallest absolute Gasteiger partial charge is 0.346 e. The molecule has 1 aliphatic rings.